The Bertz CT molecular complexity index is 1650. The highest BCUT2D eigenvalue weighted by atomic mass is 19.1. The van der Waals surface area contributed by atoms with E-state index in [1.54, 1.807) is 22.2 Å². The van der Waals surface area contributed by atoms with Crippen LogP contribution in [0.15, 0.2) is 97.1 Å². The van der Waals surface area contributed by atoms with Gasteiger partial charge in [-0.25, -0.2) is 13.8 Å². The molecule has 2 unspecified atom stereocenters. The number of benzene rings is 4. The lowest BCUT2D eigenvalue weighted by molar-refractivity contribution is -0.183. The summed E-state index contributed by atoms with van der Waals surface area (Å²) in [5.74, 6) is 0.558. The quantitative estimate of drug-likeness (QED) is 0.201. The number of carbonyl (C=O) groups excluding carboxylic acids is 2. The number of rotatable bonds is 13. The number of nitrogens with zero attached hydrogens (tertiary/aromatic N) is 2. The van der Waals surface area contributed by atoms with Gasteiger partial charge >= 0.3 is 0 Å². The lowest BCUT2D eigenvalue weighted by Crippen LogP contribution is -2.71. The molecule has 4 aromatic carbocycles. The molecular formula is C36H36F2N4O4. The lowest BCUT2D eigenvalue weighted by atomic mass is 10.0. The van der Waals surface area contributed by atoms with Gasteiger partial charge < -0.3 is 20.1 Å². The molecule has 0 bridgehead atoms. The molecule has 2 fully saturated rings. The van der Waals surface area contributed by atoms with Crippen molar-refractivity contribution in [3.8, 4) is 11.5 Å². The van der Waals surface area contributed by atoms with Crippen molar-refractivity contribution in [1.82, 2.24) is 20.7 Å². The smallest absolute Gasteiger partial charge is 0.260 e. The van der Waals surface area contributed by atoms with Gasteiger partial charge in [0.05, 0.1) is 12.6 Å². The molecule has 10 heteroatoms. The summed E-state index contributed by atoms with van der Waals surface area (Å²) in [6.45, 7) is 2.50. The Kier molecular flexibility index (Phi) is 9.85. The van der Waals surface area contributed by atoms with Crippen molar-refractivity contribution < 1.29 is 27.8 Å². The molecule has 0 aliphatic carbocycles. The van der Waals surface area contributed by atoms with Crippen molar-refractivity contribution >= 4 is 11.8 Å². The number of nitrogens with one attached hydrogen (secondary N) is 2. The molecule has 2 aliphatic rings. The highest BCUT2D eigenvalue weighted by Gasteiger charge is 2.44. The summed E-state index contributed by atoms with van der Waals surface area (Å²) in [5, 5.41) is 9.75. The minimum absolute atomic E-state index is 0.0954. The molecule has 8 nitrogen and oxygen atoms in total. The third kappa shape index (κ3) is 7.88. The molecule has 6 rings (SSSR count). The number of ether oxygens (including phenoxy) is 2. The van der Waals surface area contributed by atoms with Crippen LogP contribution < -0.4 is 20.1 Å². The molecule has 2 amide bonds. The molecule has 2 saturated heterocycles. The Labute approximate surface area is 266 Å². The maximum absolute atomic E-state index is 13.4. The summed E-state index contributed by atoms with van der Waals surface area (Å²) in [5.41, 5.74) is 3.50. The van der Waals surface area contributed by atoms with Crippen molar-refractivity contribution in [2.24, 2.45) is 0 Å². The Morgan fingerprint density at radius 2 is 1.13 bits per heavy atom. The molecular weight excluding hydrogens is 590 g/mol. The van der Waals surface area contributed by atoms with E-state index >= 15 is 0 Å². The second-order valence-electron chi connectivity index (χ2n) is 11.5. The van der Waals surface area contributed by atoms with Gasteiger partial charge in [-0.3, -0.25) is 14.6 Å². The number of hydrogen-bond donors (Lipinski definition) is 2. The summed E-state index contributed by atoms with van der Waals surface area (Å²) < 4.78 is 38.2. The normalized spacial score (nSPS) is 18.0. The highest BCUT2D eigenvalue weighted by Crippen LogP contribution is 2.22. The average molecular weight is 627 g/mol. The molecule has 2 atom stereocenters. The van der Waals surface area contributed by atoms with E-state index in [0.29, 0.717) is 44.1 Å². The topological polar surface area (TPSA) is 83.1 Å². The highest BCUT2D eigenvalue weighted by molar-refractivity contribution is 5.91. The predicted octanol–water partition coefficient (Wildman–Crippen LogP) is 5.12. The SMILES string of the molecule is O=C1C(NCc2ccc(OCc3cccc(F)c3)cc2)CCCN1N1CC(NCc2ccc(OCc3cccc(F)c3)cc2)C1=O. The fourth-order valence-corrected chi connectivity index (χ4v) is 5.54. The number of amides is 2. The first-order chi connectivity index (χ1) is 22.4. The van der Waals surface area contributed by atoms with Crippen LogP contribution in [-0.2, 0) is 35.9 Å². The maximum atomic E-state index is 13.4. The van der Waals surface area contributed by atoms with Crippen molar-refractivity contribution in [2.75, 3.05) is 13.1 Å². The van der Waals surface area contributed by atoms with Gasteiger partial charge in [0.1, 0.15) is 42.4 Å². The summed E-state index contributed by atoms with van der Waals surface area (Å²) in [4.78, 5) is 26.3. The van der Waals surface area contributed by atoms with E-state index in [1.807, 2.05) is 60.7 Å². The van der Waals surface area contributed by atoms with Gasteiger partial charge in [-0.05, 0) is 83.6 Å². The summed E-state index contributed by atoms with van der Waals surface area (Å²) in [6.07, 6.45) is 1.50. The zero-order chi connectivity index (χ0) is 31.9. The number of β-lactam (4-membered cyclic amide) rings is 1. The molecule has 0 aromatic heterocycles. The maximum Gasteiger partial charge on any atom is 0.260 e. The van der Waals surface area contributed by atoms with E-state index in [-0.39, 0.29) is 48.7 Å². The van der Waals surface area contributed by atoms with Gasteiger partial charge in [-0.2, -0.15) is 0 Å². The third-order valence-corrected chi connectivity index (χ3v) is 8.16. The molecule has 2 N–H and O–H groups in total. The van der Waals surface area contributed by atoms with E-state index in [0.717, 1.165) is 28.7 Å². The van der Waals surface area contributed by atoms with Crippen LogP contribution in [0.4, 0.5) is 8.78 Å². The Hall–Kier alpha value is -4.80. The molecule has 0 radical (unpaired) electrons. The van der Waals surface area contributed by atoms with E-state index < -0.39 is 0 Å². The van der Waals surface area contributed by atoms with E-state index in [4.69, 9.17) is 9.47 Å². The molecule has 4 aromatic rings. The second kappa shape index (κ2) is 14.5. The van der Waals surface area contributed by atoms with Gasteiger partial charge in [0.15, 0.2) is 0 Å². The molecule has 46 heavy (non-hydrogen) atoms. The molecule has 2 heterocycles. The molecule has 0 saturated carbocycles. The Balaban J connectivity index is 0.918. The fourth-order valence-electron chi connectivity index (χ4n) is 5.54. The van der Waals surface area contributed by atoms with Crippen LogP contribution in [0, 0.1) is 11.6 Å². The molecule has 0 spiro atoms. The molecule has 238 valence electrons. The van der Waals surface area contributed by atoms with Gasteiger partial charge in [0.2, 0.25) is 0 Å². The standard InChI is InChI=1S/C36H36F2N4O4/c37-29-6-1-4-27(18-29)23-45-31-13-9-25(10-14-31)20-39-33-8-3-17-41(35(33)43)42-22-34(36(42)44)40-21-26-11-15-32(16-12-26)46-24-28-5-2-7-30(38)19-28/h1-2,4-7,9-16,18-19,33-34,39-40H,3,8,17,20-24H2. The Morgan fingerprint density at radius 1 is 0.630 bits per heavy atom. The largest absolute Gasteiger partial charge is 0.489 e. The number of hydrogen-bond acceptors (Lipinski definition) is 6. The zero-order valence-electron chi connectivity index (χ0n) is 25.3. The van der Waals surface area contributed by atoms with Gasteiger partial charge in [-0.1, -0.05) is 48.5 Å². The van der Waals surface area contributed by atoms with Crippen molar-refractivity contribution in [2.45, 2.75) is 51.2 Å². The van der Waals surface area contributed by atoms with Crippen molar-refractivity contribution in [3.63, 3.8) is 0 Å². The lowest BCUT2D eigenvalue weighted by Gasteiger charge is -2.47. The fraction of sp³-hybridized carbons (Fsp3) is 0.278. The minimum atomic E-state index is -0.376. The van der Waals surface area contributed by atoms with Gasteiger partial charge in [0, 0.05) is 19.6 Å². The number of carbonyl (C=O) groups is 2. The van der Waals surface area contributed by atoms with Crippen LogP contribution in [0.2, 0.25) is 0 Å². The first-order valence-electron chi connectivity index (χ1n) is 15.4. The average Bonchev–Trinajstić information content (AvgIpc) is 3.07. The van der Waals surface area contributed by atoms with Crippen LogP contribution in [0.5, 0.6) is 11.5 Å². The first kappa shape index (κ1) is 31.2. The van der Waals surface area contributed by atoms with Gasteiger partial charge in [0.25, 0.3) is 11.8 Å². The third-order valence-electron chi connectivity index (χ3n) is 8.16. The summed E-state index contributed by atoms with van der Waals surface area (Å²) >= 11 is 0. The van der Waals surface area contributed by atoms with E-state index in [9.17, 15) is 18.4 Å². The van der Waals surface area contributed by atoms with Crippen LogP contribution in [0.25, 0.3) is 0 Å². The van der Waals surface area contributed by atoms with Gasteiger partial charge in [-0.15, -0.1) is 0 Å². The van der Waals surface area contributed by atoms with Crippen molar-refractivity contribution in [1.29, 1.82) is 0 Å². The van der Waals surface area contributed by atoms with Crippen LogP contribution in [0.3, 0.4) is 0 Å². The molecule has 2 aliphatic heterocycles. The summed E-state index contributed by atoms with van der Waals surface area (Å²) in [7, 11) is 0. The zero-order valence-corrected chi connectivity index (χ0v) is 25.3. The summed E-state index contributed by atoms with van der Waals surface area (Å²) in [6, 6.07) is 27.0. The number of halogens is 2. The van der Waals surface area contributed by atoms with Crippen LogP contribution in [0.1, 0.15) is 35.1 Å². The number of piperidine rings is 1. The van der Waals surface area contributed by atoms with E-state index in [2.05, 4.69) is 10.6 Å². The van der Waals surface area contributed by atoms with Crippen LogP contribution >= 0.6 is 0 Å². The Morgan fingerprint density at radius 3 is 1.63 bits per heavy atom. The van der Waals surface area contributed by atoms with Crippen LogP contribution in [-0.4, -0.2) is 47.0 Å². The second-order valence-corrected chi connectivity index (χ2v) is 11.5. The minimum Gasteiger partial charge on any atom is -0.489 e. The predicted molar refractivity (Wildman–Crippen MR) is 168 cm³/mol. The van der Waals surface area contributed by atoms with Crippen molar-refractivity contribution in [3.05, 3.63) is 131 Å². The first-order valence-corrected chi connectivity index (χ1v) is 15.4. The number of hydrazine groups is 1. The van der Waals surface area contributed by atoms with E-state index in [1.165, 1.54) is 24.3 Å². The monoisotopic (exact) mass is 626 g/mol.